The molecule has 148 valence electrons. The van der Waals surface area contributed by atoms with Crippen molar-refractivity contribution >= 4 is 31.0 Å². The van der Waals surface area contributed by atoms with Crippen LogP contribution in [0, 0.1) is 0 Å². The van der Waals surface area contributed by atoms with Crippen molar-refractivity contribution in [1.29, 1.82) is 0 Å². The molecule has 0 radical (unpaired) electrons. The van der Waals surface area contributed by atoms with E-state index < -0.39 is 14.2 Å². The van der Waals surface area contributed by atoms with Crippen molar-refractivity contribution in [2.45, 2.75) is 59.7 Å². The molecule has 5 nitrogen and oxygen atoms in total. The van der Waals surface area contributed by atoms with Gasteiger partial charge in [0.15, 0.2) is 8.24 Å². The van der Waals surface area contributed by atoms with Gasteiger partial charge in [-0.3, -0.25) is 9.59 Å². The van der Waals surface area contributed by atoms with Crippen LogP contribution in [0.5, 0.6) is 5.75 Å². The van der Waals surface area contributed by atoms with Gasteiger partial charge in [0, 0.05) is 30.9 Å². The van der Waals surface area contributed by atoms with Gasteiger partial charge in [0.05, 0.1) is 5.56 Å². The number of esters is 1. The molecule has 6 heteroatoms. The summed E-state index contributed by atoms with van der Waals surface area (Å²) < 4.78 is 7.74. The first-order valence-corrected chi connectivity index (χ1v) is 12.5. The molecule has 1 amide bonds. The second kappa shape index (κ2) is 7.50. The van der Waals surface area contributed by atoms with Crippen LogP contribution in [0.15, 0.2) is 24.4 Å². The average molecular weight is 389 g/mol. The van der Waals surface area contributed by atoms with E-state index in [1.165, 1.54) is 6.92 Å². The van der Waals surface area contributed by atoms with Crippen LogP contribution >= 0.6 is 0 Å². The highest BCUT2D eigenvalue weighted by atomic mass is 28.3. The molecule has 0 N–H and O–H groups in total. The number of fused-ring (bicyclic) bond motifs is 1. The maximum atomic E-state index is 13.2. The molecule has 0 saturated carbocycles. The standard InChI is InChI=1S/C21H32N2O3Si/c1-9-22(10-2)20(25)19-16-13-14-23(27(7,8)21(4,5)6)17(16)11-12-18(19)26-15(3)24/h11-14H,9-10H2,1-8H3. The second-order valence-corrected chi connectivity index (χ2v) is 13.5. The van der Waals surface area contributed by atoms with E-state index in [2.05, 4.69) is 44.3 Å². The first kappa shape index (κ1) is 21.2. The van der Waals surface area contributed by atoms with Gasteiger partial charge in [0.25, 0.3) is 5.91 Å². The summed E-state index contributed by atoms with van der Waals surface area (Å²) in [6, 6.07) is 5.71. The molecular formula is C21H32N2O3Si. The summed E-state index contributed by atoms with van der Waals surface area (Å²) in [5, 5.41) is 0.992. The van der Waals surface area contributed by atoms with Gasteiger partial charge >= 0.3 is 5.97 Å². The SMILES string of the molecule is CCN(CC)C(=O)c1c(OC(C)=O)ccc2c1ccn2[Si](C)(C)C(C)(C)C. The zero-order valence-electron chi connectivity index (χ0n) is 17.8. The molecule has 0 aliphatic heterocycles. The first-order valence-electron chi connectivity index (χ1n) is 9.57. The molecule has 0 unspecified atom stereocenters. The van der Waals surface area contributed by atoms with Crippen molar-refractivity contribution in [3.05, 3.63) is 30.0 Å². The molecule has 2 rings (SSSR count). The van der Waals surface area contributed by atoms with Gasteiger partial charge in [-0.25, -0.2) is 0 Å². The molecule has 0 saturated heterocycles. The molecule has 0 aliphatic carbocycles. The van der Waals surface area contributed by atoms with Crippen LogP contribution in [0.1, 0.15) is 51.9 Å². The first-order chi connectivity index (χ1) is 12.5. The number of hydrogen-bond donors (Lipinski definition) is 0. The number of amides is 1. The third kappa shape index (κ3) is 3.81. The van der Waals surface area contributed by atoms with Gasteiger partial charge in [0.1, 0.15) is 5.75 Å². The van der Waals surface area contributed by atoms with Crippen molar-refractivity contribution < 1.29 is 14.3 Å². The van der Waals surface area contributed by atoms with Crippen LogP contribution in [0.25, 0.3) is 10.9 Å². The van der Waals surface area contributed by atoms with Gasteiger partial charge in [-0.15, -0.1) is 0 Å². The highest BCUT2D eigenvalue weighted by Gasteiger charge is 2.38. The lowest BCUT2D eigenvalue weighted by Gasteiger charge is -2.38. The molecule has 1 heterocycles. The van der Waals surface area contributed by atoms with E-state index in [9.17, 15) is 9.59 Å². The minimum absolute atomic E-state index is 0.102. The number of aromatic nitrogens is 1. The fourth-order valence-corrected chi connectivity index (χ4v) is 5.14. The maximum absolute atomic E-state index is 13.2. The van der Waals surface area contributed by atoms with Crippen molar-refractivity contribution in [2.24, 2.45) is 0 Å². The Balaban J connectivity index is 2.77. The Labute approximate surface area is 163 Å². The number of nitrogens with zero attached hydrogens (tertiary/aromatic N) is 2. The van der Waals surface area contributed by atoms with Gasteiger partial charge < -0.3 is 13.9 Å². The van der Waals surface area contributed by atoms with Gasteiger partial charge in [-0.05, 0) is 43.3 Å². The van der Waals surface area contributed by atoms with E-state index in [0.717, 1.165) is 10.9 Å². The smallest absolute Gasteiger partial charge is 0.308 e. The van der Waals surface area contributed by atoms with Gasteiger partial charge in [0.2, 0.25) is 0 Å². The van der Waals surface area contributed by atoms with Crippen molar-refractivity contribution in [3.8, 4) is 5.75 Å². The molecule has 0 spiro atoms. The predicted octanol–water partition coefficient (Wildman–Crippen LogP) is 4.90. The summed E-state index contributed by atoms with van der Waals surface area (Å²) in [5.74, 6) is -0.193. The lowest BCUT2D eigenvalue weighted by atomic mass is 10.1. The fourth-order valence-electron chi connectivity index (χ4n) is 3.17. The minimum Gasteiger partial charge on any atom is -0.426 e. The molecule has 0 fully saturated rings. The molecule has 1 aromatic carbocycles. The van der Waals surface area contributed by atoms with E-state index in [1.807, 2.05) is 26.0 Å². The summed E-state index contributed by atoms with van der Waals surface area (Å²) in [4.78, 5) is 26.6. The zero-order chi connectivity index (χ0) is 20.6. The van der Waals surface area contributed by atoms with Crippen molar-refractivity contribution in [3.63, 3.8) is 0 Å². The van der Waals surface area contributed by atoms with Crippen LogP contribution in [0.2, 0.25) is 18.1 Å². The third-order valence-corrected chi connectivity index (χ3v) is 11.1. The Bertz CT molecular complexity index is 858. The molecule has 2 aromatic rings. The van der Waals surface area contributed by atoms with Gasteiger partial charge in [-0.1, -0.05) is 33.9 Å². The third-order valence-electron chi connectivity index (χ3n) is 5.79. The predicted molar refractivity (Wildman–Crippen MR) is 113 cm³/mol. The summed E-state index contributed by atoms with van der Waals surface area (Å²) in [5.41, 5.74) is 1.50. The van der Waals surface area contributed by atoms with E-state index in [-0.39, 0.29) is 10.9 Å². The van der Waals surface area contributed by atoms with Crippen LogP contribution in [-0.4, -0.2) is 42.3 Å². The Hall–Kier alpha value is -2.08. The fraction of sp³-hybridized carbons (Fsp3) is 0.524. The van der Waals surface area contributed by atoms with E-state index in [0.29, 0.717) is 24.4 Å². The van der Waals surface area contributed by atoms with Crippen molar-refractivity contribution in [2.75, 3.05) is 13.1 Å². The minimum atomic E-state index is -1.86. The topological polar surface area (TPSA) is 51.5 Å². The van der Waals surface area contributed by atoms with Crippen LogP contribution < -0.4 is 4.74 Å². The van der Waals surface area contributed by atoms with Gasteiger partial charge in [-0.2, -0.15) is 0 Å². The molecule has 0 bridgehead atoms. The summed E-state index contributed by atoms with van der Waals surface area (Å²) >= 11 is 0. The Morgan fingerprint density at radius 1 is 1.11 bits per heavy atom. The quantitative estimate of drug-likeness (QED) is 0.416. The largest absolute Gasteiger partial charge is 0.426 e. The summed E-state index contributed by atoms with van der Waals surface area (Å²) in [7, 11) is -1.86. The maximum Gasteiger partial charge on any atom is 0.308 e. The second-order valence-electron chi connectivity index (χ2n) is 8.44. The van der Waals surface area contributed by atoms with Crippen LogP contribution in [-0.2, 0) is 4.79 Å². The number of rotatable bonds is 5. The van der Waals surface area contributed by atoms with E-state index >= 15 is 0 Å². The number of carbonyl (C=O) groups excluding carboxylic acids is 2. The summed E-state index contributed by atoms with van der Waals surface area (Å²) in [6.07, 6.45) is 2.08. The number of hydrogen-bond acceptors (Lipinski definition) is 3. The molecule has 0 atom stereocenters. The Morgan fingerprint density at radius 2 is 1.70 bits per heavy atom. The normalized spacial score (nSPS) is 12.3. The Kier molecular flexibility index (Phi) is 5.90. The highest BCUT2D eigenvalue weighted by Crippen LogP contribution is 2.40. The summed E-state index contributed by atoms with van der Waals surface area (Å²) in [6.45, 7) is 17.9. The van der Waals surface area contributed by atoms with E-state index in [1.54, 1.807) is 11.0 Å². The Morgan fingerprint density at radius 3 is 2.19 bits per heavy atom. The number of carbonyl (C=O) groups is 2. The number of ether oxygens (including phenoxy) is 1. The lowest BCUT2D eigenvalue weighted by molar-refractivity contribution is -0.131. The van der Waals surface area contributed by atoms with Crippen LogP contribution in [0.4, 0.5) is 0 Å². The van der Waals surface area contributed by atoms with Crippen LogP contribution in [0.3, 0.4) is 0 Å². The number of benzene rings is 1. The van der Waals surface area contributed by atoms with Crippen molar-refractivity contribution in [1.82, 2.24) is 9.13 Å². The van der Waals surface area contributed by atoms with E-state index in [4.69, 9.17) is 4.74 Å². The zero-order valence-corrected chi connectivity index (χ0v) is 18.8. The monoisotopic (exact) mass is 388 g/mol. The average Bonchev–Trinajstić information content (AvgIpc) is 2.98. The molecule has 0 aliphatic rings. The molecular weight excluding hydrogens is 356 g/mol. The highest BCUT2D eigenvalue weighted by molar-refractivity contribution is 6.79. The lowest BCUT2D eigenvalue weighted by Crippen LogP contribution is -2.44. The molecule has 1 aromatic heterocycles. The molecule has 27 heavy (non-hydrogen) atoms.